The van der Waals surface area contributed by atoms with Crippen molar-refractivity contribution in [2.45, 2.75) is 20.0 Å². The van der Waals surface area contributed by atoms with E-state index in [1.54, 1.807) is 18.4 Å². The average molecular weight is 248 g/mol. The molecule has 2 heterocycles. The topological polar surface area (TPSA) is 34.1 Å². The van der Waals surface area contributed by atoms with E-state index in [2.05, 4.69) is 28.7 Å². The molecule has 0 aromatic carbocycles. The number of aryl methyl sites for hydroxylation is 1. The van der Waals surface area contributed by atoms with Crippen molar-refractivity contribution in [3.63, 3.8) is 0 Å². The maximum absolute atomic E-state index is 5.02. The summed E-state index contributed by atoms with van der Waals surface area (Å²) in [4.78, 5) is 5.57. The Bertz CT molecular complexity index is 465. The highest BCUT2D eigenvalue weighted by Gasteiger charge is 1.99. The van der Waals surface area contributed by atoms with Crippen molar-refractivity contribution in [3.05, 3.63) is 45.8 Å². The molecule has 0 radical (unpaired) electrons. The summed E-state index contributed by atoms with van der Waals surface area (Å²) in [7, 11) is 1.62. The summed E-state index contributed by atoms with van der Waals surface area (Å²) in [5.74, 6) is 0.655. The Balaban J connectivity index is 1.83. The highest BCUT2D eigenvalue weighted by atomic mass is 32.1. The fraction of sp³-hybridized carbons (Fsp3) is 0.308. The minimum absolute atomic E-state index is 0.655. The zero-order valence-corrected chi connectivity index (χ0v) is 10.9. The Kier molecular flexibility index (Phi) is 4.12. The van der Waals surface area contributed by atoms with Crippen LogP contribution in [0.1, 0.15) is 16.0 Å². The standard InChI is InChI=1S/C13H16N2OS/c1-10-5-6-17-12(10)9-14-7-11-3-4-13(16-2)15-8-11/h3-6,8,14H,7,9H2,1-2H3. The largest absolute Gasteiger partial charge is 0.481 e. The molecule has 0 aliphatic rings. The molecule has 2 aromatic rings. The lowest BCUT2D eigenvalue weighted by Gasteiger charge is -2.05. The molecule has 0 fully saturated rings. The highest BCUT2D eigenvalue weighted by molar-refractivity contribution is 7.10. The molecule has 3 nitrogen and oxygen atoms in total. The molecule has 90 valence electrons. The predicted octanol–water partition coefficient (Wildman–Crippen LogP) is 2.75. The van der Waals surface area contributed by atoms with Gasteiger partial charge in [0.2, 0.25) is 5.88 Å². The Labute approximate surface area is 105 Å². The van der Waals surface area contributed by atoms with E-state index in [1.807, 2.05) is 18.3 Å². The molecule has 2 rings (SSSR count). The quantitative estimate of drug-likeness (QED) is 0.883. The van der Waals surface area contributed by atoms with E-state index in [4.69, 9.17) is 4.74 Å². The van der Waals surface area contributed by atoms with Gasteiger partial charge in [-0.25, -0.2) is 4.98 Å². The number of ether oxygens (including phenoxy) is 1. The highest BCUT2D eigenvalue weighted by Crippen LogP contribution is 2.15. The summed E-state index contributed by atoms with van der Waals surface area (Å²) in [6.07, 6.45) is 1.84. The van der Waals surface area contributed by atoms with Gasteiger partial charge in [0.05, 0.1) is 7.11 Å². The number of thiophene rings is 1. The number of nitrogens with zero attached hydrogens (tertiary/aromatic N) is 1. The number of rotatable bonds is 5. The van der Waals surface area contributed by atoms with Gasteiger partial charge in [-0.2, -0.15) is 0 Å². The van der Waals surface area contributed by atoms with Crippen molar-refractivity contribution in [1.29, 1.82) is 0 Å². The van der Waals surface area contributed by atoms with Crippen LogP contribution >= 0.6 is 11.3 Å². The van der Waals surface area contributed by atoms with E-state index in [1.165, 1.54) is 16.0 Å². The Morgan fingerprint density at radius 2 is 2.18 bits per heavy atom. The zero-order chi connectivity index (χ0) is 12.1. The van der Waals surface area contributed by atoms with Crippen LogP contribution < -0.4 is 10.1 Å². The van der Waals surface area contributed by atoms with E-state index in [9.17, 15) is 0 Å². The van der Waals surface area contributed by atoms with Gasteiger partial charge >= 0.3 is 0 Å². The number of methoxy groups -OCH3 is 1. The molecular weight excluding hydrogens is 232 g/mol. The first kappa shape index (κ1) is 12.1. The summed E-state index contributed by atoms with van der Waals surface area (Å²) >= 11 is 1.79. The molecule has 2 aromatic heterocycles. The van der Waals surface area contributed by atoms with Crippen molar-refractivity contribution in [2.75, 3.05) is 7.11 Å². The third-order valence-electron chi connectivity index (χ3n) is 2.59. The van der Waals surface area contributed by atoms with Crippen LogP contribution in [0.5, 0.6) is 5.88 Å². The molecule has 1 N–H and O–H groups in total. The Morgan fingerprint density at radius 3 is 2.76 bits per heavy atom. The molecule has 0 aliphatic heterocycles. The lowest BCUT2D eigenvalue weighted by molar-refractivity contribution is 0.397. The molecule has 0 atom stereocenters. The molecule has 0 spiro atoms. The van der Waals surface area contributed by atoms with Crippen molar-refractivity contribution in [1.82, 2.24) is 10.3 Å². The van der Waals surface area contributed by atoms with Gasteiger partial charge < -0.3 is 10.1 Å². The predicted molar refractivity (Wildman–Crippen MR) is 70.4 cm³/mol. The van der Waals surface area contributed by atoms with Crippen LogP contribution in [0.25, 0.3) is 0 Å². The maximum atomic E-state index is 5.02. The summed E-state index contributed by atoms with van der Waals surface area (Å²) in [5.41, 5.74) is 2.52. The number of pyridine rings is 1. The molecule has 4 heteroatoms. The lowest BCUT2D eigenvalue weighted by Crippen LogP contribution is -2.12. The first-order chi connectivity index (χ1) is 8.29. The first-order valence-corrected chi connectivity index (χ1v) is 6.40. The summed E-state index contributed by atoms with van der Waals surface area (Å²) < 4.78 is 5.02. The Hall–Kier alpha value is -1.39. The fourth-order valence-corrected chi connectivity index (χ4v) is 2.42. The van der Waals surface area contributed by atoms with E-state index in [0.717, 1.165) is 13.1 Å². The molecule has 0 unspecified atom stereocenters. The zero-order valence-electron chi connectivity index (χ0n) is 10.1. The van der Waals surface area contributed by atoms with Gasteiger partial charge in [-0.3, -0.25) is 0 Å². The van der Waals surface area contributed by atoms with Crippen molar-refractivity contribution in [3.8, 4) is 5.88 Å². The second-order valence-corrected chi connectivity index (χ2v) is 4.84. The molecule has 17 heavy (non-hydrogen) atoms. The SMILES string of the molecule is COc1ccc(CNCc2sccc2C)cn1. The van der Waals surface area contributed by atoms with Gasteiger partial charge in [0.1, 0.15) is 0 Å². The monoisotopic (exact) mass is 248 g/mol. The van der Waals surface area contributed by atoms with Gasteiger partial charge in [-0.05, 0) is 29.5 Å². The van der Waals surface area contributed by atoms with Crippen LogP contribution in [-0.2, 0) is 13.1 Å². The van der Waals surface area contributed by atoms with E-state index in [0.29, 0.717) is 5.88 Å². The number of hydrogen-bond acceptors (Lipinski definition) is 4. The van der Waals surface area contributed by atoms with Crippen LogP contribution in [-0.4, -0.2) is 12.1 Å². The van der Waals surface area contributed by atoms with E-state index >= 15 is 0 Å². The third-order valence-corrected chi connectivity index (χ3v) is 3.61. The van der Waals surface area contributed by atoms with Crippen LogP contribution in [0.4, 0.5) is 0 Å². The number of hydrogen-bond donors (Lipinski definition) is 1. The summed E-state index contributed by atoms with van der Waals surface area (Å²) in [5, 5.41) is 5.54. The fourth-order valence-electron chi connectivity index (χ4n) is 1.54. The second-order valence-electron chi connectivity index (χ2n) is 3.84. The molecule has 0 amide bonds. The van der Waals surface area contributed by atoms with Crippen LogP contribution in [0.3, 0.4) is 0 Å². The Morgan fingerprint density at radius 1 is 1.29 bits per heavy atom. The van der Waals surface area contributed by atoms with Gasteiger partial charge in [-0.1, -0.05) is 6.07 Å². The van der Waals surface area contributed by atoms with Crippen molar-refractivity contribution < 1.29 is 4.74 Å². The minimum atomic E-state index is 0.655. The van der Waals surface area contributed by atoms with Crippen LogP contribution in [0.2, 0.25) is 0 Å². The normalized spacial score (nSPS) is 10.5. The van der Waals surface area contributed by atoms with E-state index < -0.39 is 0 Å². The average Bonchev–Trinajstić information content (AvgIpc) is 2.76. The molecular formula is C13H16N2OS. The molecule has 0 bridgehead atoms. The number of aromatic nitrogens is 1. The summed E-state index contributed by atoms with van der Waals surface area (Å²) in [6.45, 7) is 3.88. The lowest BCUT2D eigenvalue weighted by atomic mass is 10.2. The van der Waals surface area contributed by atoms with Crippen LogP contribution in [0, 0.1) is 6.92 Å². The summed E-state index contributed by atoms with van der Waals surface area (Å²) in [6, 6.07) is 6.06. The van der Waals surface area contributed by atoms with Gasteiger partial charge in [0, 0.05) is 30.2 Å². The van der Waals surface area contributed by atoms with Gasteiger partial charge in [0.25, 0.3) is 0 Å². The first-order valence-electron chi connectivity index (χ1n) is 5.52. The minimum Gasteiger partial charge on any atom is -0.481 e. The molecule has 0 saturated carbocycles. The molecule has 0 saturated heterocycles. The second kappa shape index (κ2) is 5.80. The van der Waals surface area contributed by atoms with Crippen molar-refractivity contribution >= 4 is 11.3 Å². The molecule has 0 aliphatic carbocycles. The maximum Gasteiger partial charge on any atom is 0.212 e. The van der Waals surface area contributed by atoms with Crippen LogP contribution in [0.15, 0.2) is 29.8 Å². The van der Waals surface area contributed by atoms with Gasteiger partial charge in [0.15, 0.2) is 0 Å². The third kappa shape index (κ3) is 3.28. The number of nitrogens with one attached hydrogen (secondary N) is 1. The van der Waals surface area contributed by atoms with Gasteiger partial charge in [-0.15, -0.1) is 11.3 Å². The van der Waals surface area contributed by atoms with E-state index in [-0.39, 0.29) is 0 Å². The smallest absolute Gasteiger partial charge is 0.212 e. The van der Waals surface area contributed by atoms with Crippen molar-refractivity contribution in [2.24, 2.45) is 0 Å².